The number of hydrogen-bond acceptors (Lipinski definition) is 4. The maximum atomic E-state index is 5.84. The van der Waals surface area contributed by atoms with E-state index in [1.54, 1.807) is 32.2 Å². The van der Waals surface area contributed by atoms with Gasteiger partial charge in [-0.2, -0.15) is 4.98 Å². The molecular weight excluding hydrogens is 320 g/mol. The van der Waals surface area contributed by atoms with Gasteiger partial charge in [-0.15, -0.1) is 0 Å². The van der Waals surface area contributed by atoms with Crippen LogP contribution in [-0.2, 0) is 0 Å². The zero-order valence-corrected chi connectivity index (χ0v) is 12.1. The minimum atomic E-state index is 0.349. The smallest absolute Gasteiger partial charge is 0.224 e. The summed E-state index contributed by atoms with van der Waals surface area (Å²) in [6, 6.07) is 6.96. The van der Waals surface area contributed by atoms with Crippen LogP contribution in [-0.4, -0.2) is 17.1 Å². The van der Waals surface area contributed by atoms with Crippen molar-refractivity contribution >= 4 is 27.5 Å². The van der Waals surface area contributed by atoms with E-state index in [1.165, 1.54) is 0 Å². The molecule has 0 amide bonds. The van der Waals surface area contributed by atoms with Gasteiger partial charge in [0, 0.05) is 6.07 Å². The zero-order chi connectivity index (χ0) is 13.1. The molecule has 0 spiro atoms. The van der Waals surface area contributed by atoms with Gasteiger partial charge in [-0.3, -0.25) is 0 Å². The molecule has 0 fully saturated rings. The number of nitrogens with zero attached hydrogens (tertiary/aromatic N) is 2. The molecule has 4 nitrogen and oxygen atoms in total. The summed E-state index contributed by atoms with van der Waals surface area (Å²) in [7, 11) is 1.61. The molecule has 2 rings (SSSR count). The van der Waals surface area contributed by atoms with Gasteiger partial charge in [-0.25, -0.2) is 4.98 Å². The van der Waals surface area contributed by atoms with Crippen LogP contribution in [0.5, 0.6) is 17.4 Å². The summed E-state index contributed by atoms with van der Waals surface area (Å²) < 4.78 is 11.5. The van der Waals surface area contributed by atoms with Crippen LogP contribution in [0.1, 0.15) is 5.82 Å². The van der Waals surface area contributed by atoms with Gasteiger partial charge in [0.2, 0.25) is 5.88 Å². The maximum Gasteiger partial charge on any atom is 0.224 e. The van der Waals surface area contributed by atoms with Crippen molar-refractivity contribution < 1.29 is 9.47 Å². The van der Waals surface area contributed by atoms with E-state index >= 15 is 0 Å². The van der Waals surface area contributed by atoms with Crippen LogP contribution in [0, 0.1) is 6.92 Å². The molecular formula is C12H10BrClN2O2. The molecule has 0 atom stereocenters. The topological polar surface area (TPSA) is 44.2 Å². The molecule has 0 saturated carbocycles. The molecule has 0 N–H and O–H groups in total. The quantitative estimate of drug-likeness (QED) is 0.798. The Hall–Kier alpha value is -1.33. The molecule has 0 aliphatic rings. The van der Waals surface area contributed by atoms with Crippen molar-refractivity contribution in [3.63, 3.8) is 0 Å². The molecule has 0 bridgehead atoms. The third-order valence-electron chi connectivity index (χ3n) is 2.14. The molecule has 0 saturated heterocycles. The number of aromatic nitrogens is 2. The van der Waals surface area contributed by atoms with Gasteiger partial charge in [0.1, 0.15) is 22.5 Å². The van der Waals surface area contributed by atoms with Crippen molar-refractivity contribution in [3.05, 3.63) is 39.7 Å². The largest absolute Gasteiger partial charge is 0.497 e. The molecule has 0 aliphatic heterocycles. The van der Waals surface area contributed by atoms with Crippen molar-refractivity contribution in [1.29, 1.82) is 0 Å². The van der Waals surface area contributed by atoms with Gasteiger partial charge in [0.15, 0.2) is 0 Å². The Morgan fingerprint density at radius 2 is 2.00 bits per heavy atom. The number of halogens is 2. The van der Waals surface area contributed by atoms with Crippen LogP contribution in [0.3, 0.4) is 0 Å². The van der Waals surface area contributed by atoms with Crippen LogP contribution in [0.15, 0.2) is 28.7 Å². The van der Waals surface area contributed by atoms with Gasteiger partial charge in [-0.05, 0) is 41.1 Å². The van der Waals surface area contributed by atoms with Crippen LogP contribution in [0.25, 0.3) is 0 Å². The SMILES string of the molecule is COc1ccc(Oc2cc(Cl)nc(C)n2)c(Br)c1. The summed E-state index contributed by atoms with van der Waals surface area (Å²) in [5.41, 5.74) is 0. The number of hydrogen-bond donors (Lipinski definition) is 0. The van der Waals surface area contributed by atoms with E-state index in [9.17, 15) is 0 Å². The summed E-state index contributed by atoms with van der Waals surface area (Å²) in [5, 5.41) is 0.349. The van der Waals surface area contributed by atoms with E-state index in [-0.39, 0.29) is 0 Å². The van der Waals surface area contributed by atoms with E-state index in [4.69, 9.17) is 21.1 Å². The van der Waals surface area contributed by atoms with Crippen molar-refractivity contribution in [1.82, 2.24) is 9.97 Å². The highest BCUT2D eigenvalue weighted by Gasteiger charge is 2.07. The van der Waals surface area contributed by atoms with Crippen LogP contribution in [0.2, 0.25) is 5.15 Å². The normalized spacial score (nSPS) is 10.2. The second-order valence-electron chi connectivity index (χ2n) is 3.47. The van der Waals surface area contributed by atoms with Crippen LogP contribution >= 0.6 is 27.5 Å². The van der Waals surface area contributed by atoms with Crippen LogP contribution in [0.4, 0.5) is 0 Å². The zero-order valence-electron chi connectivity index (χ0n) is 9.78. The third-order valence-corrected chi connectivity index (χ3v) is 2.95. The molecule has 1 aromatic carbocycles. The first kappa shape index (κ1) is 13.1. The molecule has 0 radical (unpaired) electrons. The lowest BCUT2D eigenvalue weighted by atomic mass is 10.3. The van der Waals surface area contributed by atoms with E-state index in [0.717, 1.165) is 10.2 Å². The Balaban J connectivity index is 2.28. The summed E-state index contributed by atoms with van der Waals surface area (Å²) in [6.45, 7) is 1.75. The van der Waals surface area contributed by atoms with E-state index in [0.29, 0.717) is 22.6 Å². The fourth-order valence-corrected chi connectivity index (χ4v) is 2.02. The number of benzene rings is 1. The standard InChI is InChI=1S/C12H10BrClN2O2/c1-7-15-11(14)6-12(16-7)18-10-4-3-8(17-2)5-9(10)13/h3-6H,1-2H3. The molecule has 6 heteroatoms. The fraction of sp³-hybridized carbons (Fsp3) is 0.167. The average molecular weight is 330 g/mol. The van der Waals surface area contributed by atoms with Crippen LogP contribution < -0.4 is 9.47 Å². The summed E-state index contributed by atoms with van der Waals surface area (Å²) in [4.78, 5) is 8.11. The van der Waals surface area contributed by atoms with Crippen molar-refractivity contribution in [2.75, 3.05) is 7.11 Å². The van der Waals surface area contributed by atoms with Crippen molar-refractivity contribution in [2.24, 2.45) is 0 Å². The Labute approximate surface area is 118 Å². The van der Waals surface area contributed by atoms with Gasteiger partial charge in [0.25, 0.3) is 0 Å². The molecule has 1 aromatic heterocycles. The number of ether oxygens (including phenoxy) is 2. The summed E-state index contributed by atoms with van der Waals surface area (Å²) in [6.07, 6.45) is 0. The molecule has 0 aliphatic carbocycles. The number of methoxy groups -OCH3 is 1. The van der Waals surface area contributed by atoms with Gasteiger partial charge in [0.05, 0.1) is 11.6 Å². The lowest BCUT2D eigenvalue weighted by molar-refractivity contribution is 0.411. The van der Waals surface area contributed by atoms with Gasteiger partial charge < -0.3 is 9.47 Å². The number of rotatable bonds is 3. The van der Waals surface area contributed by atoms with E-state index in [1.807, 2.05) is 6.07 Å². The van der Waals surface area contributed by atoms with Crippen molar-refractivity contribution in [3.8, 4) is 17.4 Å². The van der Waals surface area contributed by atoms with Gasteiger partial charge in [-0.1, -0.05) is 11.6 Å². The second kappa shape index (κ2) is 5.54. The number of aryl methyl sites for hydroxylation is 1. The molecule has 0 unspecified atom stereocenters. The minimum absolute atomic E-state index is 0.349. The Morgan fingerprint density at radius 3 is 2.61 bits per heavy atom. The lowest BCUT2D eigenvalue weighted by Gasteiger charge is -2.08. The first-order chi connectivity index (χ1) is 8.58. The minimum Gasteiger partial charge on any atom is -0.497 e. The van der Waals surface area contributed by atoms with Crippen molar-refractivity contribution in [2.45, 2.75) is 6.92 Å². The second-order valence-corrected chi connectivity index (χ2v) is 4.72. The highest BCUT2D eigenvalue weighted by molar-refractivity contribution is 9.10. The Kier molecular flexibility index (Phi) is 4.04. The Morgan fingerprint density at radius 1 is 1.22 bits per heavy atom. The molecule has 94 valence electrons. The first-order valence-electron chi connectivity index (χ1n) is 5.11. The highest BCUT2D eigenvalue weighted by atomic mass is 79.9. The molecule has 1 heterocycles. The monoisotopic (exact) mass is 328 g/mol. The average Bonchev–Trinajstić information content (AvgIpc) is 2.30. The van der Waals surface area contributed by atoms with Gasteiger partial charge >= 0.3 is 0 Å². The third kappa shape index (κ3) is 3.11. The first-order valence-corrected chi connectivity index (χ1v) is 6.28. The van der Waals surface area contributed by atoms with E-state index in [2.05, 4.69) is 25.9 Å². The predicted molar refractivity (Wildman–Crippen MR) is 72.5 cm³/mol. The fourth-order valence-electron chi connectivity index (χ4n) is 1.36. The summed E-state index contributed by atoms with van der Waals surface area (Å²) >= 11 is 9.24. The summed E-state index contributed by atoms with van der Waals surface area (Å²) in [5.74, 6) is 2.33. The maximum absolute atomic E-state index is 5.84. The lowest BCUT2D eigenvalue weighted by Crippen LogP contribution is -1.94. The molecule has 2 aromatic rings. The predicted octanol–water partition coefficient (Wildman–Crippen LogP) is 4.00. The molecule has 18 heavy (non-hydrogen) atoms. The van der Waals surface area contributed by atoms with E-state index < -0.39 is 0 Å². The Bertz CT molecular complexity index is 558. The highest BCUT2D eigenvalue weighted by Crippen LogP contribution is 2.32.